The first-order valence-electron chi connectivity index (χ1n) is 9.27. The molecule has 138 valence electrons. The van der Waals surface area contributed by atoms with Gasteiger partial charge in [0.15, 0.2) is 5.96 Å². The Morgan fingerprint density at radius 3 is 2.62 bits per heavy atom. The average molecular weight is 353 g/mol. The Bertz CT molecular complexity index is 710. The van der Waals surface area contributed by atoms with Crippen LogP contribution in [0.1, 0.15) is 25.3 Å². The molecule has 0 saturated carbocycles. The van der Waals surface area contributed by atoms with Crippen molar-refractivity contribution in [2.24, 2.45) is 4.99 Å². The van der Waals surface area contributed by atoms with Gasteiger partial charge in [0.05, 0.1) is 6.54 Å². The van der Waals surface area contributed by atoms with Gasteiger partial charge in [-0.2, -0.15) is 0 Å². The maximum atomic E-state index is 9.59. The zero-order chi connectivity index (χ0) is 18.2. The predicted octanol–water partition coefficient (Wildman–Crippen LogP) is 3.40. The van der Waals surface area contributed by atoms with Crippen molar-refractivity contribution in [3.8, 4) is 11.5 Å². The van der Waals surface area contributed by atoms with Crippen LogP contribution in [0.4, 0.5) is 0 Å². The second-order valence-electron chi connectivity index (χ2n) is 6.46. The molecule has 1 heterocycles. The quantitative estimate of drug-likeness (QED) is 0.639. The fourth-order valence-electron chi connectivity index (χ4n) is 3.12. The Hall–Kier alpha value is -2.69. The van der Waals surface area contributed by atoms with Gasteiger partial charge in [-0.05, 0) is 36.8 Å². The zero-order valence-electron chi connectivity index (χ0n) is 15.3. The molecule has 2 aromatic carbocycles. The number of guanidine groups is 1. The van der Waals surface area contributed by atoms with Gasteiger partial charge in [-0.1, -0.05) is 30.3 Å². The summed E-state index contributed by atoms with van der Waals surface area (Å²) in [6, 6.07) is 17.3. The van der Waals surface area contributed by atoms with Crippen molar-refractivity contribution >= 4 is 5.96 Å². The fraction of sp³-hybridized carbons (Fsp3) is 0.381. The molecule has 26 heavy (non-hydrogen) atoms. The predicted molar refractivity (Wildman–Crippen MR) is 105 cm³/mol. The van der Waals surface area contributed by atoms with Gasteiger partial charge in [-0.25, -0.2) is 4.99 Å². The van der Waals surface area contributed by atoms with Gasteiger partial charge >= 0.3 is 0 Å². The number of benzene rings is 2. The van der Waals surface area contributed by atoms with Crippen LogP contribution in [0, 0.1) is 0 Å². The van der Waals surface area contributed by atoms with Gasteiger partial charge in [0, 0.05) is 32.5 Å². The molecule has 0 aromatic heterocycles. The minimum atomic E-state index is 0.252. The lowest BCUT2D eigenvalue weighted by atomic mass is 10.1. The van der Waals surface area contributed by atoms with E-state index in [9.17, 15) is 5.11 Å². The van der Waals surface area contributed by atoms with Crippen LogP contribution in [0.3, 0.4) is 0 Å². The van der Waals surface area contributed by atoms with E-state index in [1.807, 2.05) is 42.5 Å². The second kappa shape index (κ2) is 9.13. The van der Waals surface area contributed by atoms with Crippen LogP contribution in [-0.2, 0) is 6.54 Å². The molecule has 0 bridgehead atoms. The molecule has 3 rings (SSSR count). The van der Waals surface area contributed by atoms with Crippen molar-refractivity contribution < 1.29 is 9.84 Å². The van der Waals surface area contributed by atoms with Gasteiger partial charge < -0.3 is 20.1 Å². The van der Waals surface area contributed by atoms with E-state index in [1.165, 1.54) is 0 Å². The normalized spacial score (nSPS) is 15.7. The van der Waals surface area contributed by atoms with Crippen molar-refractivity contribution in [1.29, 1.82) is 0 Å². The van der Waals surface area contributed by atoms with E-state index in [0.29, 0.717) is 6.54 Å². The summed E-state index contributed by atoms with van der Waals surface area (Å²) in [5.41, 5.74) is 1.00. The molecular formula is C21H27N3O2. The first-order chi connectivity index (χ1) is 12.7. The van der Waals surface area contributed by atoms with E-state index in [1.54, 1.807) is 12.1 Å². The third-order valence-electron chi connectivity index (χ3n) is 4.44. The number of piperidine rings is 1. The first-order valence-corrected chi connectivity index (χ1v) is 9.27. The average Bonchev–Trinajstić information content (AvgIpc) is 2.67. The summed E-state index contributed by atoms with van der Waals surface area (Å²) in [7, 11) is 0. The lowest BCUT2D eigenvalue weighted by Gasteiger charge is -2.34. The SMILES string of the molecule is CCNC(=NCc1cccc(O)c1)N1CCC(Oc2ccccc2)CC1. The molecule has 0 amide bonds. The second-order valence-corrected chi connectivity index (χ2v) is 6.46. The number of aliphatic imine (C=N–C) groups is 1. The van der Waals surface area contributed by atoms with E-state index in [-0.39, 0.29) is 11.9 Å². The molecule has 5 heteroatoms. The highest BCUT2D eigenvalue weighted by Crippen LogP contribution is 2.19. The summed E-state index contributed by atoms with van der Waals surface area (Å²) in [6.07, 6.45) is 2.21. The maximum Gasteiger partial charge on any atom is 0.194 e. The van der Waals surface area contributed by atoms with E-state index in [4.69, 9.17) is 9.73 Å². The molecule has 5 nitrogen and oxygen atoms in total. The van der Waals surface area contributed by atoms with Crippen molar-refractivity contribution in [2.75, 3.05) is 19.6 Å². The van der Waals surface area contributed by atoms with Crippen LogP contribution in [0.25, 0.3) is 0 Å². The number of nitrogens with zero attached hydrogens (tertiary/aromatic N) is 2. The largest absolute Gasteiger partial charge is 0.508 e. The third kappa shape index (κ3) is 5.15. The molecule has 1 aliphatic rings. The number of phenols is 1. The summed E-state index contributed by atoms with van der Waals surface area (Å²) in [6.45, 7) is 5.30. The molecule has 1 saturated heterocycles. The first kappa shape index (κ1) is 18.1. The lowest BCUT2D eigenvalue weighted by molar-refractivity contribution is 0.129. The fourth-order valence-corrected chi connectivity index (χ4v) is 3.12. The number of nitrogens with one attached hydrogen (secondary N) is 1. The zero-order valence-corrected chi connectivity index (χ0v) is 15.3. The topological polar surface area (TPSA) is 57.1 Å². The summed E-state index contributed by atoms with van der Waals surface area (Å²) in [5, 5.41) is 13.0. The number of hydrogen-bond donors (Lipinski definition) is 2. The molecule has 0 aliphatic carbocycles. The van der Waals surface area contributed by atoms with Crippen LogP contribution >= 0.6 is 0 Å². The highest BCUT2D eigenvalue weighted by atomic mass is 16.5. The Balaban J connectivity index is 1.56. The molecule has 1 fully saturated rings. The number of para-hydroxylation sites is 1. The highest BCUT2D eigenvalue weighted by molar-refractivity contribution is 5.80. The number of phenolic OH excluding ortho intramolecular Hbond substituents is 1. The van der Waals surface area contributed by atoms with E-state index in [2.05, 4.69) is 17.1 Å². The monoisotopic (exact) mass is 353 g/mol. The van der Waals surface area contributed by atoms with Gasteiger partial charge in [0.1, 0.15) is 17.6 Å². The number of rotatable bonds is 5. The number of likely N-dealkylation sites (tertiary alicyclic amines) is 1. The van der Waals surface area contributed by atoms with Crippen molar-refractivity contribution in [3.05, 3.63) is 60.2 Å². The summed E-state index contributed by atoms with van der Waals surface area (Å²) < 4.78 is 6.07. The highest BCUT2D eigenvalue weighted by Gasteiger charge is 2.22. The van der Waals surface area contributed by atoms with Crippen LogP contribution < -0.4 is 10.1 Å². The van der Waals surface area contributed by atoms with Crippen molar-refractivity contribution in [3.63, 3.8) is 0 Å². The third-order valence-corrected chi connectivity index (χ3v) is 4.44. The van der Waals surface area contributed by atoms with Crippen LogP contribution in [0.15, 0.2) is 59.6 Å². The summed E-state index contributed by atoms with van der Waals surface area (Å²) in [5.74, 6) is 2.14. The molecule has 2 aromatic rings. The summed E-state index contributed by atoms with van der Waals surface area (Å²) >= 11 is 0. The molecule has 1 aliphatic heterocycles. The Labute approximate surface area is 155 Å². The minimum Gasteiger partial charge on any atom is -0.508 e. The van der Waals surface area contributed by atoms with E-state index >= 15 is 0 Å². The molecular weight excluding hydrogens is 326 g/mol. The minimum absolute atomic E-state index is 0.252. The standard InChI is InChI=1S/C21H27N3O2/c1-2-22-21(23-16-17-7-6-8-18(25)15-17)24-13-11-20(12-14-24)26-19-9-4-3-5-10-19/h3-10,15,20,25H,2,11-14,16H2,1H3,(H,22,23). The summed E-state index contributed by atoms with van der Waals surface area (Å²) in [4.78, 5) is 7.03. The lowest BCUT2D eigenvalue weighted by Crippen LogP contribution is -2.47. The molecule has 0 atom stereocenters. The number of aromatic hydroxyl groups is 1. The maximum absolute atomic E-state index is 9.59. The van der Waals surface area contributed by atoms with Crippen LogP contribution in [0.5, 0.6) is 11.5 Å². The van der Waals surface area contributed by atoms with Gasteiger partial charge in [-0.3, -0.25) is 0 Å². The molecule has 0 spiro atoms. The van der Waals surface area contributed by atoms with Crippen molar-refractivity contribution in [1.82, 2.24) is 10.2 Å². The molecule has 0 radical (unpaired) electrons. The van der Waals surface area contributed by atoms with E-state index < -0.39 is 0 Å². The number of ether oxygens (including phenoxy) is 1. The molecule has 0 unspecified atom stereocenters. The molecule has 2 N–H and O–H groups in total. The number of hydrogen-bond acceptors (Lipinski definition) is 3. The Morgan fingerprint density at radius 1 is 1.15 bits per heavy atom. The van der Waals surface area contributed by atoms with Gasteiger partial charge in [-0.15, -0.1) is 0 Å². The van der Waals surface area contributed by atoms with Gasteiger partial charge in [0.25, 0.3) is 0 Å². The van der Waals surface area contributed by atoms with E-state index in [0.717, 1.165) is 49.7 Å². The smallest absolute Gasteiger partial charge is 0.194 e. The van der Waals surface area contributed by atoms with Gasteiger partial charge in [0.2, 0.25) is 0 Å². The van der Waals surface area contributed by atoms with Crippen molar-refractivity contribution in [2.45, 2.75) is 32.4 Å². The van der Waals surface area contributed by atoms with Crippen LogP contribution in [0.2, 0.25) is 0 Å². The Morgan fingerprint density at radius 2 is 1.92 bits per heavy atom. The Kier molecular flexibility index (Phi) is 6.36. The van der Waals surface area contributed by atoms with Crippen LogP contribution in [-0.4, -0.2) is 41.7 Å².